The minimum absolute atomic E-state index is 0.498. The van der Waals surface area contributed by atoms with Crippen LogP contribution < -0.4 is 19.5 Å². The fourth-order valence-corrected chi connectivity index (χ4v) is 3.75. The zero-order valence-electron chi connectivity index (χ0n) is 18.9. The summed E-state index contributed by atoms with van der Waals surface area (Å²) in [4.78, 5) is 0. The summed E-state index contributed by atoms with van der Waals surface area (Å²) >= 11 is 0. The Morgan fingerprint density at radius 2 is 1.44 bits per heavy atom. The number of halogens is 3. The minimum Gasteiger partial charge on any atom is -0.493 e. The van der Waals surface area contributed by atoms with Gasteiger partial charge in [0.25, 0.3) is 0 Å². The maximum Gasteiger partial charge on any atom is 0.416 e. The van der Waals surface area contributed by atoms with Crippen LogP contribution in [0.2, 0.25) is 0 Å². The summed E-state index contributed by atoms with van der Waals surface area (Å²) in [5, 5.41) is 4.08. The van der Waals surface area contributed by atoms with Crippen LogP contribution in [-0.2, 0) is 6.18 Å². The third kappa shape index (κ3) is 4.39. The number of nitrogens with one attached hydrogen (secondary N) is 1. The number of fused-ring (bicyclic) bond motifs is 1. The van der Waals surface area contributed by atoms with E-state index in [-0.39, 0.29) is 0 Å². The monoisotopic (exact) mass is 468 g/mol. The van der Waals surface area contributed by atoms with Crippen LogP contribution in [0.25, 0.3) is 16.6 Å². The second-order valence-electron chi connectivity index (χ2n) is 7.52. The van der Waals surface area contributed by atoms with E-state index < -0.39 is 11.7 Å². The van der Waals surface area contributed by atoms with E-state index in [4.69, 9.17) is 14.2 Å². The first-order chi connectivity index (χ1) is 16.2. The average Bonchev–Trinajstić information content (AvgIpc) is 3.25. The molecule has 1 heterocycles. The van der Waals surface area contributed by atoms with Crippen molar-refractivity contribution in [2.24, 2.45) is 0 Å². The molecule has 0 atom stereocenters. The lowest BCUT2D eigenvalue weighted by molar-refractivity contribution is -0.137. The summed E-state index contributed by atoms with van der Waals surface area (Å²) in [6.07, 6.45) is -2.46. The summed E-state index contributed by atoms with van der Waals surface area (Å²) in [6, 6.07) is 16.2. The fraction of sp³-hybridized carbons (Fsp3) is 0.154. The zero-order valence-corrected chi connectivity index (χ0v) is 18.9. The Hall–Kier alpha value is -4.07. The van der Waals surface area contributed by atoms with Gasteiger partial charge in [-0.25, -0.2) is 0 Å². The van der Waals surface area contributed by atoms with Gasteiger partial charge in [-0.2, -0.15) is 13.2 Å². The molecule has 1 aromatic heterocycles. The zero-order chi connectivity index (χ0) is 24.5. The predicted octanol–water partition coefficient (Wildman–Crippen LogP) is 6.95. The highest BCUT2D eigenvalue weighted by Crippen LogP contribution is 2.40. The molecule has 0 aliphatic carbocycles. The molecule has 34 heavy (non-hydrogen) atoms. The summed E-state index contributed by atoms with van der Waals surface area (Å²) in [5.74, 6) is 1.55. The number of anilines is 2. The largest absolute Gasteiger partial charge is 0.493 e. The molecule has 176 valence electrons. The maximum absolute atomic E-state index is 12.8. The first-order valence-electron chi connectivity index (χ1n) is 10.3. The van der Waals surface area contributed by atoms with Gasteiger partial charge in [0.05, 0.1) is 32.4 Å². The van der Waals surface area contributed by atoms with Crippen LogP contribution in [0, 0.1) is 0 Å². The van der Waals surface area contributed by atoms with Gasteiger partial charge in [-0.05, 0) is 60.7 Å². The lowest BCUT2D eigenvalue weighted by Gasteiger charge is -2.16. The van der Waals surface area contributed by atoms with Gasteiger partial charge in [0.2, 0.25) is 5.75 Å². The molecule has 0 spiro atoms. The molecule has 0 saturated carbocycles. The predicted molar refractivity (Wildman–Crippen MR) is 127 cm³/mol. The lowest BCUT2D eigenvalue weighted by Crippen LogP contribution is -2.04. The highest BCUT2D eigenvalue weighted by molar-refractivity contribution is 5.89. The van der Waals surface area contributed by atoms with Crippen molar-refractivity contribution in [2.45, 2.75) is 6.18 Å². The highest BCUT2D eigenvalue weighted by Gasteiger charge is 2.29. The second kappa shape index (κ2) is 9.05. The van der Waals surface area contributed by atoms with Gasteiger partial charge in [-0.1, -0.05) is 6.58 Å². The first kappa shape index (κ1) is 23.1. The standard InChI is InChI=1S/C26H23F3N2O3/c1-16(18-14-23(32-2)25(34-4)24(15-18)33-3)31-12-11-17-13-21(9-10-22(17)31)30-20-7-5-19(6-8-20)26(27,28)29/h5-15,30H,1H2,2-4H3. The van der Waals surface area contributed by atoms with Crippen molar-refractivity contribution in [3.8, 4) is 17.2 Å². The number of benzene rings is 3. The van der Waals surface area contributed by atoms with Crippen molar-refractivity contribution in [2.75, 3.05) is 26.6 Å². The van der Waals surface area contributed by atoms with Crippen molar-refractivity contribution < 1.29 is 27.4 Å². The topological polar surface area (TPSA) is 44.7 Å². The molecule has 8 heteroatoms. The van der Waals surface area contributed by atoms with Crippen LogP contribution in [0.15, 0.2) is 73.4 Å². The summed E-state index contributed by atoms with van der Waals surface area (Å²) in [7, 11) is 4.66. The Kier molecular flexibility index (Phi) is 6.15. The van der Waals surface area contributed by atoms with Crippen molar-refractivity contribution in [1.29, 1.82) is 0 Å². The van der Waals surface area contributed by atoms with Gasteiger partial charge in [-0.15, -0.1) is 0 Å². The number of nitrogens with zero attached hydrogens (tertiary/aromatic N) is 1. The molecule has 0 bridgehead atoms. The summed E-state index contributed by atoms with van der Waals surface area (Å²) in [5.41, 5.74) is 3.04. The van der Waals surface area contributed by atoms with E-state index in [0.29, 0.717) is 28.6 Å². The van der Waals surface area contributed by atoms with Gasteiger partial charge in [0, 0.05) is 34.2 Å². The number of alkyl halides is 3. The number of rotatable bonds is 7. The van der Waals surface area contributed by atoms with Crippen LogP contribution in [0.1, 0.15) is 11.1 Å². The van der Waals surface area contributed by atoms with Crippen molar-refractivity contribution in [1.82, 2.24) is 4.57 Å². The van der Waals surface area contributed by atoms with Crippen molar-refractivity contribution in [3.05, 3.63) is 84.6 Å². The SMILES string of the molecule is C=C(c1cc(OC)c(OC)c(OC)c1)n1ccc2cc(Nc3ccc(C(F)(F)F)cc3)ccc21. The smallest absolute Gasteiger partial charge is 0.416 e. The maximum atomic E-state index is 12.8. The molecule has 4 aromatic rings. The molecule has 0 amide bonds. The molecule has 0 fully saturated rings. The molecular formula is C26H23F3N2O3. The molecule has 0 aliphatic rings. The van der Waals surface area contributed by atoms with Crippen LogP contribution in [0.5, 0.6) is 17.2 Å². The van der Waals surface area contributed by atoms with E-state index >= 15 is 0 Å². The summed E-state index contributed by atoms with van der Waals surface area (Å²) in [6.45, 7) is 4.25. The van der Waals surface area contributed by atoms with Gasteiger partial charge >= 0.3 is 6.18 Å². The van der Waals surface area contributed by atoms with E-state index in [1.807, 2.05) is 47.2 Å². The molecule has 5 nitrogen and oxygen atoms in total. The Bertz CT molecular complexity index is 1320. The van der Waals surface area contributed by atoms with Gasteiger partial charge < -0.3 is 24.1 Å². The Balaban J connectivity index is 1.62. The van der Waals surface area contributed by atoms with Gasteiger partial charge in [0.15, 0.2) is 11.5 Å². The number of ether oxygens (including phenoxy) is 3. The van der Waals surface area contributed by atoms with E-state index in [0.717, 1.165) is 34.3 Å². The lowest BCUT2D eigenvalue weighted by atomic mass is 10.1. The number of hydrogen-bond donors (Lipinski definition) is 1. The molecule has 0 saturated heterocycles. The van der Waals surface area contributed by atoms with Gasteiger partial charge in [-0.3, -0.25) is 0 Å². The van der Waals surface area contributed by atoms with E-state index in [1.165, 1.54) is 12.1 Å². The molecule has 3 aromatic carbocycles. The highest BCUT2D eigenvalue weighted by atomic mass is 19.4. The summed E-state index contributed by atoms with van der Waals surface area (Å²) < 4.78 is 56.6. The van der Waals surface area contributed by atoms with Crippen LogP contribution in [0.3, 0.4) is 0 Å². The molecule has 0 radical (unpaired) electrons. The fourth-order valence-electron chi connectivity index (χ4n) is 3.75. The molecule has 0 aliphatic heterocycles. The second-order valence-corrected chi connectivity index (χ2v) is 7.52. The van der Waals surface area contributed by atoms with E-state index in [9.17, 15) is 13.2 Å². The number of aromatic nitrogens is 1. The minimum atomic E-state index is -4.36. The van der Waals surface area contributed by atoms with Gasteiger partial charge in [0.1, 0.15) is 0 Å². The van der Waals surface area contributed by atoms with Crippen LogP contribution >= 0.6 is 0 Å². The van der Waals surface area contributed by atoms with Crippen molar-refractivity contribution in [3.63, 3.8) is 0 Å². The van der Waals surface area contributed by atoms with Crippen molar-refractivity contribution >= 4 is 28.0 Å². The Labute approximate surface area is 195 Å². The Morgan fingerprint density at radius 1 is 0.824 bits per heavy atom. The van der Waals surface area contributed by atoms with E-state index in [2.05, 4.69) is 11.9 Å². The number of hydrogen-bond acceptors (Lipinski definition) is 4. The third-order valence-corrected chi connectivity index (χ3v) is 5.48. The Morgan fingerprint density at radius 3 is 2.00 bits per heavy atom. The average molecular weight is 468 g/mol. The first-order valence-corrected chi connectivity index (χ1v) is 10.3. The molecular weight excluding hydrogens is 445 g/mol. The third-order valence-electron chi connectivity index (χ3n) is 5.48. The normalized spacial score (nSPS) is 11.4. The molecule has 0 unspecified atom stereocenters. The van der Waals surface area contributed by atoms with Crippen LogP contribution in [0.4, 0.5) is 24.5 Å². The molecule has 1 N–H and O–H groups in total. The van der Waals surface area contributed by atoms with E-state index in [1.54, 1.807) is 21.3 Å². The quantitative estimate of drug-likeness (QED) is 0.319. The molecule has 4 rings (SSSR count). The van der Waals surface area contributed by atoms with Crippen LogP contribution in [-0.4, -0.2) is 25.9 Å². The number of methoxy groups -OCH3 is 3.